The van der Waals surface area contributed by atoms with Crippen LogP contribution < -0.4 is 20.7 Å². The lowest BCUT2D eigenvalue weighted by molar-refractivity contribution is -0.219. The Morgan fingerprint density at radius 3 is 2.47 bits per heavy atom. The number of unbranched alkanes of at least 4 members (excludes halogenated alkanes) is 1. The Hall–Kier alpha value is -4.47. The van der Waals surface area contributed by atoms with Crippen LogP contribution in [-0.4, -0.2) is 105 Å². The maximum Gasteiger partial charge on any atom is 0.266 e. The molecule has 7 rings (SSSR count). The largest absolute Gasteiger partial charge is 0.483 e. The average Bonchev–Trinajstić information content (AvgIpc) is 3.51. The van der Waals surface area contributed by atoms with Crippen molar-refractivity contribution >= 4 is 35.4 Å². The third kappa shape index (κ3) is 5.83. The molecule has 1 aromatic carbocycles. The van der Waals surface area contributed by atoms with Gasteiger partial charge in [-0.1, -0.05) is 43.7 Å². The number of ether oxygens (including phenoxy) is 1. The summed E-state index contributed by atoms with van der Waals surface area (Å²) >= 11 is 0. The zero-order valence-electron chi connectivity index (χ0n) is 31.2. The second-order valence-corrected chi connectivity index (χ2v) is 16.5. The first-order valence-corrected chi connectivity index (χ1v) is 19.2. The first kappa shape index (κ1) is 38.8. The Morgan fingerprint density at radius 2 is 1.75 bits per heavy atom. The Morgan fingerprint density at radius 1 is 1.02 bits per heavy atom. The van der Waals surface area contributed by atoms with Gasteiger partial charge in [-0.3, -0.25) is 39.0 Å². The van der Waals surface area contributed by atoms with Crippen molar-refractivity contribution in [1.82, 2.24) is 20.9 Å². The van der Waals surface area contributed by atoms with E-state index in [2.05, 4.69) is 16.0 Å². The van der Waals surface area contributed by atoms with Gasteiger partial charge in [-0.25, -0.2) is 4.39 Å². The van der Waals surface area contributed by atoms with Gasteiger partial charge in [0.05, 0.1) is 23.3 Å². The van der Waals surface area contributed by atoms with Crippen LogP contribution in [0.25, 0.3) is 0 Å². The number of aliphatic hydroxyl groups excluding tert-OH is 2. The van der Waals surface area contributed by atoms with Crippen LogP contribution in [0.15, 0.2) is 42.0 Å². The number of rotatable bonds is 10. The molecule has 55 heavy (non-hydrogen) atoms. The Kier molecular flexibility index (Phi) is 9.82. The summed E-state index contributed by atoms with van der Waals surface area (Å²) in [4.78, 5) is 77.5. The van der Waals surface area contributed by atoms with Crippen molar-refractivity contribution in [3.8, 4) is 5.75 Å². The van der Waals surface area contributed by atoms with Gasteiger partial charge in [0, 0.05) is 36.3 Å². The second kappa shape index (κ2) is 13.9. The summed E-state index contributed by atoms with van der Waals surface area (Å²) in [6, 6.07) is 3.23. The molecule has 15 heteroatoms. The highest BCUT2D eigenvalue weighted by Gasteiger charge is 2.75. The topological polar surface area (TPSA) is 212 Å². The van der Waals surface area contributed by atoms with Gasteiger partial charge < -0.3 is 30.7 Å². The molecule has 3 saturated carbocycles. The van der Waals surface area contributed by atoms with Crippen LogP contribution >= 0.6 is 0 Å². The lowest BCUT2D eigenvalue weighted by Gasteiger charge is -2.62. The minimum absolute atomic E-state index is 0.00569. The number of halogens is 1. The molecule has 4 fully saturated rings. The number of nitrogens with zero attached hydrogens (tertiary/aromatic N) is 1. The van der Waals surface area contributed by atoms with E-state index in [1.807, 2.05) is 0 Å². The number of alkyl halides is 1. The number of allylic oxidation sites excluding steroid dienone is 2. The molecule has 2 unspecified atom stereocenters. The fourth-order valence-electron chi connectivity index (χ4n) is 10.8. The number of aliphatic hydroxyl groups is 3. The highest BCUT2D eigenvalue weighted by Crippen LogP contribution is 2.70. The van der Waals surface area contributed by atoms with Crippen LogP contribution in [0.1, 0.15) is 92.9 Å². The lowest BCUT2D eigenvalue weighted by Crippen LogP contribution is -2.70. The minimum atomic E-state index is -2.02. The molecule has 2 heterocycles. The molecular weight excluding hydrogens is 715 g/mol. The molecule has 296 valence electrons. The number of imide groups is 2. The standard InChI is InChI=1S/C40H49FN4O10/c1-21-17-26-25-10-9-22-18-23(46)13-14-37(22,2)39(25,41)29(47)19-38(26,3)40(21,54)36(53)43-16-5-4-15-42-31(49)20-55-28-8-6-7-24-32(28)35(52)45(34(24)51)27-11-12-30(48)44-33(27)50/h6-8,13-14,18,21,23,25-27,29,46-47,54H,4-5,9-12,15-17,19-20H2,1-3H3,(H,42,49)(H,43,53)(H,44,48,50)/t21-,23?,25+,26+,27?,29+,37+,38+,39+,40+/m1/s1. The summed E-state index contributed by atoms with van der Waals surface area (Å²) in [7, 11) is 0. The van der Waals surface area contributed by atoms with E-state index >= 15 is 4.39 Å². The van der Waals surface area contributed by atoms with E-state index in [0.717, 1.165) is 10.5 Å². The molecule has 10 atom stereocenters. The predicted molar refractivity (Wildman–Crippen MR) is 193 cm³/mol. The molecule has 1 saturated heterocycles. The Balaban J connectivity index is 0.895. The lowest BCUT2D eigenvalue weighted by atomic mass is 9.44. The van der Waals surface area contributed by atoms with Gasteiger partial charge in [-0.05, 0) is 75.8 Å². The molecule has 6 N–H and O–H groups in total. The molecule has 4 aliphatic carbocycles. The van der Waals surface area contributed by atoms with Gasteiger partial charge in [-0.15, -0.1) is 0 Å². The Labute approximate surface area is 317 Å². The third-order valence-electron chi connectivity index (χ3n) is 13.7. The van der Waals surface area contributed by atoms with E-state index in [4.69, 9.17) is 4.74 Å². The van der Waals surface area contributed by atoms with Crippen LogP contribution in [0.3, 0.4) is 0 Å². The van der Waals surface area contributed by atoms with Crippen molar-refractivity contribution in [2.24, 2.45) is 28.6 Å². The predicted octanol–water partition coefficient (Wildman–Crippen LogP) is 1.62. The van der Waals surface area contributed by atoms with Gasteiger partial charge in [0.15, 0.2) is 17.9 Å². The molecule has 6 amide bonds. The summed E-state index contributed by atoms with van der Waals surface area (Å²) in [5.74, 6) is -5.16. The van der Waals surface area contributed by atoms with Crippen LogP contribution in [0.4, 0.5) is 4.39 Å². The van der Waals surface area contributed by atoms with Crippen LogP contribution in [0.5, 0.6) is 5.75 Å². The monoisotopic (exact) mass is 764 g/mol. The summed E-state index contributed by atoms with van der Waals surface area (Å²) in [6.07, 6.45) is 4.89. The van der Waals surface area contributed by atoms with E-state index in [0.29, 0.717) is 32.1 Å². The molecular formula is C40H49FN4O10. The third-order valence-corrected chi connectivity index (χ3v) is 13.7. The molecule has 0 bridgehead atoms. The van der Waals surface area contributed by atoms with Crippen LogP contribution in [0.2, 0.25) is 0 Å². The average molecular weight is 765 g/mol. The van der Waals surface area contributed by atoms with Crippen molar-refractivity contribution in [2.75, 3.05) is 19.7 Å². The number of fused-ring (bicyclic) bond motifs is 6. The van der Waals surface area contributed by atoms with E-state index in [-0.39, 0.29) is 55.1 Å². The van der Waals surface area contributed by atoms with Crippen molar-refractivity contribution in [3.05, 3.63) is 53.1 Å². The fraction of sp³-hybridized carbons (Fsp3) is 0.600. The zero-order chi connectivity index (χ0) is 39.7. The number of hydrogen-bond acceptors (Lipinski definition) is 10. The van der Waals surface area contributed by atoms with Crippen molar-refractivity contribution in [3.63, 3.8) is 0 Å². The van der Waals surface area contributed by atoms with E-state index in [1.165, 1.54) is 18.2 Å². The van der Waals surface area contributed by atoms with Crippen molar-refractivity contribution < 1.29 is 53.2 Å². The molecule has 0 aromatic heterocycles. The normalized spacial score (nSPS) is 37.7. The maximum atomic E-state index is 17.4. The molecule has 0 spiro atoms. The summed E-state index contributed by atoms with van der Waals surface area (Å²) in [5.41, 5.74) is -5.32. The number of carbonyl (C=O) groups excluding carboxylic acids is 6. The van der Waals surface area contributed by atoms with Crippen LogP contribution in [0, 0.1) is 28.6 Å². The smallest absolute Gasteiger partial charge is 0.266 e. The number of hydrogen-bond donors (Lipinski definition) is 6. The van der Waals surface area contributed by atoms with Crippen molar-refractivity contribution in [2.45, 2.75) is 102 Å². The number of piperidine rings is 1. The van der Waals surface area contributed by atoms with E-state index in [1.54, 1.807) is 39.0 Å². The number of nitrogens with one attached hydrogen (secondary N) is 3. The van der Waals surface area contributed by atoms with Crippen molar-refractivity contribution in [1.29, 1.82) is 0 Å². The summed E-state index contributed by atoms with van der Waals surface area (Å²) in [6.45, 7) is 5.34. The molecule has 0 radical (unpaired) electrons. The fourth-order valence-corrected chi connectivity index (χ4v) is 10.8. The van der Waals surface area contributed by atoms with Crippen LogP contribution in [-0.2, 0) is 19.2 Å². The summed E-state index contributed by atoms with van der Waals surface area (Å²) < 4.78 is 23.1. The quantitative estimate of drug-likeness (QED) is 0.115. The first-order valence-electron chi connectivity index (χ1n) is 19.2. The molecule has 6 aliphatic rings. The molecule has 1 aromatic rings. The number of amides is 6. The number of carbonyl (C=O) groups is 6. The molecule has 2 aliphatic heterocycles. The Bertz CT molecular complexity index is 1900. The number of benzene rings is 1. The van der Waals surface area contributed by atoms with Gasteiger partial charge in [0.2, 0.25) is 11.8 Å². The highest BCUT2D eigenvalue weighted by atomic mass is 19.1. The van der Waals surface area contributed by atoms with Gasteiger partial charge >= 0.3 is 0 Å². The SMILES string of the molecule is C[C@@H]1C[C@H]2[C@@H]3CCC4=CC(O)C=C[C@]4(C)[C@@]3(F)[C@@H](O)C[C@]2(C)[C@@]1(O)C(=O)NCCCCNC(=O)COc1cccc2c1C(=O)N(C1CCC(=O)NC1=O)C2=O. The minimum Gasteiger partial charge on any atom is -0.483 e. The van der Waals surface area contributed by atoms with E-state index < -0.39 is 94.2 Å². The van der Waals surface area contributed by atoms with E-state index in [9.17, 15) is 44.1 Å². The second-order valence-electron chi connectivity index (χ2n) is 16.5. The zero-order valence-corrected chi connectivity index (χ0v) is 31.2. The van der Waals surface area contributed by atoms with Gasteiger partial charge in [-0.2, -0.15) is 0 Å². The van der Waals surface area contributed by atoms with Gasteiger partial charge in [0.25, 0.3) is 23.6 Å². The highest BCUT2D eigenvalue weighted by molar-refractivity contribution is 6.24. The molecule has 14 nitrogen and oxygen atoms in total. The van der Waals surface area contributed by atoms with Gasteiger partial charge in [0.1, 0.15) is 11.8 Å². The summed E-state index contributed by atoms with van der Waals surface area (Å²) in [5, 5.41) is 41.6. The first-order chi connectivity index (χ1) is 26.0. The maximum absolute atomic E-state index is 17.4.